The smallest absolute Gasteiger partial charge is 0.224 e. The van der Waals surface area contributed by atoms with Gasteiger partial charge in [0.2, 0.25) is 5.91 Å². The molecule has 148 valence electrons. The number of piperidine rings is 1. The molecule has 0 spiro atoms. The topological polar surface area (TPSA) is 63.1 Å². The minimum Gasteiger partial charge on any atom is -0.356 e. The first-order valence-corrected chi connectivity index (χ1v) is 10.8. The van der Waals surface area contributed by atoms with Crippen molar-refractivity contribution < 1.29 is 4.79 Å². The second-order valence-corrected chi connectivity index (χ2v) is 8.61. The van der Waals surface area contributed by atoms with Gasteiger partial charge in [0.1, 0.15) is 5.82 Å². The van der Waals surface area contributed by atoms with Crippen molar-refractivity contribution >= 4 is 5.91 Å². The van der Waals surface area contributed by atoms with Crippen LogP contribution in [0.1, 0.15) is 37.9 Å². The Bertz CT molecular complexity index is 821. The van der Waals surface area contributed by atoms with Crippen molar-refractivity contribution in [2.45, 2.75) is 51.1 Å². The quantitative estimate of drug-likeness (QED) is 0.867. The lowest BCUT2D eigenvalue weighted by Crippen LogP contribution is -2.42. The van der Waals surface area contributed by atoms with Gasteiger partial charge >= 0.3 is 0 Å². The van der Waals surface area contributed by atoms with E-state index in [4.69, 9.17) is 0 Å². The average molecular weight is 380 g/mol. The Morgan fingerprint density at radius 1 is 1.04 bits per heavy atom. The van der Waals surface area contributed by atoms with E-state index >= 15 is 0 Å². The summed E-state index contributed by atoms with van der Waals surface area (Å²) in [5.41, 5.74) is 1.06. The lowest BCUT2D eigenvalue weighted by Gasteiger charge is -2.32. The van der Waals surface area contributed by atoms with Crippen LogP contribution in [-0.2, 0) is 17.8 Å². The molecule has 6 nitrogen and oxygen atoms in total. The molecule has 1 aliphatic carbocycles. The van der Waals surface area contributed by atoms with Crippen LogP contribution in [0.5, 0.6) is 0 Å². The Morgan fingerprint density at radius 3 is 2.57 bits per heavy atom. The molecule has 2 aromatic rings. The standard InChI is InChI=1S/C22H29N5O/c28-22(23-14-16-10-12-26(13-11-16)19-7-8-19)18-6-9-20-24-25-21(27(20)15-18)17-4-2-1-3-5-17/h1-5,16,18-19H,6-15H2,(H,23,28). The Kier molecular flexibility index (Phi) is 4.89. The van der Waals surface area contributed by atoms with Gasteiger partial charge in [0.05, 0.1) is 5.92 Å². The van der Waals surface area contributed by atoms with E-state index in [1.807, 2.05) is 18.2 Å². The second-order valence-electron chi connectivity index (χ2n) is 8.61. The predicted octanol–water partition coefficient (Wildman–Crippen LogP) is 2.50. The summed E-state index contributed by atoms with van der Waals surface area (Å²) < 4.78 is 2.14. The van der Waals surface area contributed by atoms with E-state index in [2.05, 4.69) is 37.1 Å². The highest BCUT2D eigenvalue weighted by Crippen LogP contribution is 2.31. The number of amides is 1. The number of aromatic nitrogens is 3. The van der Waals surface area contributed by atoms with Crippen LogP contribution in [0.25, 0.3) is 11.4 Å². The molecule has 1 saturated carbocycles. The number of fused-ring (bicyclic) bond motifs is 1. The van der Waals surface area contributed by atoms with Gasteiger partial charge in [-0.1, -0.05) is 30.3 Å². The van der Waals surface area contributed by atoms with E-state index in [1.54, 1.807) is 0 Å². The molecule has 0 radical (unpaired) electrons. The molecule has 2 fully saturated rings. The van der Waals surface area contributed by atoms with Gasteiger partial charge in [-0.05, 0) is 51.1 Å². The first kappa shape index (κ1) is 17.9. The van der Waals surface area contributed by atoms with Crippen molar-refractivity contribution in [3.05, 3.63) is 36.2 Å². The molecule has 2 aliphatic heterocycles. The maximum atomic E-state index is 12.8. The van der Waals surface area contributed by atoms with Crippen molar-refractivity contribution in [2.75, 3.05) is 19.6 Å². The van der Waals surface area contributed by atoms with Gasteiger partial charge in [-0.25, -0.2) is 0 Å². The second kappa shape index (κ2) is 7.66. The van der Waals surface area contributed by atoms with Gasteiger partial charge in [0, 0.05) is 31.1 Å². The molecule has 0 bridgehead atoms. The highest BCUT2D eigenvalue weighted by Gasteiger charge is 2.32. The zero-order valence-corrected chi connectivity index (χ0v) is 16.4. The molecular formula is C22H29N5O. The number of nitrogens with one attached hydrogen (secondary N) is 1. The number of nitrogens with zero attached hydrogens (tertiary/aromatic N) is 4. The van der Waals surface area contributed by atoms with Crippen LogP contribution in [0, 0.1) is 11.8 Å². The van der Waals surface area contributed by atoms with Crippen LogP contribution in [0.3, 0.4) is 0 Å². The molecule has 1 amide bonds. The Morgan fingerprint density at radius 2 is 1.82 bits per heavy atom. The van der Waals surface area contributed by atoms with Gasteiger partial charge < -0.3 is 14.8 Å². The van der Waals surface area contributed by atoms with Crippen LogP contribution in [0.4, 0.5) is 0 Å². The van der Waals surface area contributed by atoms with E-state index < -0.39 is 0 Å². The SMILES string of the molecule is O=C(NCC1CCN(C2CC2)CC1)C1CCc2nnc(-c3ccccc3)n2C1. The van der Waals surface area contributed by atoms with Crippen LogP contribution in [0.2, 0.25) is 0 Å². The number of hydrogen-bond donors (Lipinski definition) is 1. The van der Waals surface area contributed by atoms with Gasteiger partial charge in [0.25, 0.3) is 0 Å². The summed E-state index contributed by atoms with van der Waals surface area (Å²) in [6.07, 6.45) is 6.89. The van der Waals surface area contributed by atoms with Crippen LogP contribution >= 0.6 is 0 Å². The minimum atomic E-state index is 0.0116. The van der Waals surface area contributed by atoms with Crippen molar-refractivity contribution in [2.24, 2.45) is 11.8 Å². The highest BCUT2D eigenvalue weighted by molar-refractivity contribution is 5.78. The summed E-state index contributed by atoms with van der Waals surface area (Å²) >= 11 is 0. The van der Waals surface area contributed by atoms with E-state index in [0.29, 0.717) is 12.5 Å². The number of benzene rings is 1. The molecule has 1 atom stereocenters. The lowest BCUT2D eigenvalue weighted by molar-refractivity contribution is -0.126. The number of likely N-dealkylation sites (tertiary alicyclic amines) is 1. The molecule has 1 unspecified atom stereocenters. The zero-order chi connectivity index (χ0) is 18.9. The van der Waals surface area contributed by atoms with Gasteiger partial charge in [0.15, 0.2) is 5.82 Å². The number of aryl methyl sites for hydroxylation is 1. The maximum Gasteiger partial charge on any atom is 0.224 e. The molecule has 1 saturated heterocycles. The van der Waals surface area contributed by atoms with Crippen LogP contribution < -0.4 is 5.32 Å². The average Bonchev–Trinajstić information content (AvgIpc) is 3.52. The molecule has 3 heterocycles. The van der Waals surface area contributed by atoms with Gasteiger partial charge in [-0.15, -0.1) is 10.2 Å². The van der Waals surface area contributed by atoms with Crippen molar-refractivity contribution in [3.8, 4) is 11.4 Å². The monoisotopic (exact) mass is 379 g/mol. The summed E-state index contributed by atoms with van der Waals surface area (Å²) in [6.45, 7) is 3.92. The molecule has 5 rings (SSSR count). The zero-order valence-electron chi connectivity index (χ0n) is 16.4. The van der Waals surface area contributed by atoms with Gasteiger partial charge in [-0.2, -0.15) is 0 Å². The molecule has 1 N–H and O–H groups in total. The molecule has 1 aromatic carbocycles. The third kappa shape index (κ3) is 3.70. The third-order valence-corrected chi connectivity index (χ3v) is 6.63. The molecule has 3 aliphatic rings. The summed E-state index contributed by atoms with van der Waals surface area (Å²) in [5.74, 6) is 2.71. The molecule has 1 aromatic heterocycles. The highest BCUT2D eigenvalue weighted by atomic mass is 16.1. The van der Waals surface area contributed by atoms with E-state index in [9.17, 15) is 4.79 Å². The molecular weight excluding hydrogens is 350 g/mol. The number of rotatable bonds is 5. The predicted molar refractivity (Wildman–Crippen MR) is 108 cm³/mol. The fraction of sp³-hybridized carbons (Fsp3) is 0.591. The summed E-state index contributed by atoms with van der Waals surface area (Å²) in [6, 6.07) is 11.0. The normalized spacial score (nSPS) is 23.4. The first-order valence-electron chi connectivity index (χ1n) is 10.8. The third-order valence-electron chi connectivity index (χ3n) is 6.63. The summed E-state index contributed by atoms with van der Waals surface area (Å²) in [5, 5.41) is 12.0. The maximum absolute atomic E-state index is 12.8. The number of carbonyl (C=O) groups excluding carboxylic acids is 1. The molecule has 28 heavy (non-hydrogen) atoms. The fourth-order valence-electron chi connectivity index (χ4n) is 4.69. The minimum absolute atomic E-state index is 0.0116. The number of carbonyl (C=O) groups is 1. The Labute approximate surface area is 166 Å². The number of hydrogen-bond acceptors (Lipinski definition) is 4. The summed E-state index contributed by atoms with van der Waals surface area (Å²) in [7, 11) is 0. The van der Waals surface area contributed by atoms with Crippen molar-refractivity contribution in [1.29, 1.82) is 0 Å². The largest absolute Gasteiger partial charge is 0.356 e. The van der Waals surface area contributed by atoms with E-state index in [0.717, 1.165) is 42.6 Å². The molecule has 6 heteroatoms. The Balaban J connectivity index is 1.17. The summed E-state index contributed by atoms with van der Waals surface area (Å²) in [4.78, 5) is 15.5. The fourth-order valence-corrected chi connectivity index (χ4v) is 4.69. The first-order chi connectivity index (χ1) is 13.8. The van der Waals surface area contributed by atoms with Crippen LogP contribution in [-0.4, -0.2) is 51.2 Å². The Hall–Kier alpha value is -2.21. The van der Waals surface area contributed by atoms with E-state index in [1.165, 1.54) is 38.8 Å². The lowest BCUT2D eigenvalue weighted by atomic mass is 9.95. The van der Waals surface area contributed by atoms with Gasteiger partial charge in [-0.3, -0.25) is 4.79 Å². The van der Waals surface area contributed by atoms with E-state index in [-0.39, 0.29) is 11.8 Å². The van der Waals surface area contributed by atoms with Crippen molar-refractivity contribution in [3.63, 3.8) is 0 Å². The van der Waals surface area contributed by atoms with Crippen LogP contribution in [0.15, 0.2) is 30.3 Å². The van der Waals surface area contributed by atoms with Crippen molar-refractivity contribution in [1.82, 2.24) is 25.0 Å².